The normalized spacial score (nSPS) is 11.5. The van der Waals surface area contributed by atoms with E-state index in [2.05, 4.69) is 40.6 Å². The van der Waals surface area contributed by atoms with Crippen molar-refractivity contribution >= 4 is 27.7 Å². The molecule has 0 spiro atoms. The summed E-state index contributed by atoms with van der Waals surface area (Å²) >= 11 is 3.45. The fourth-order valence-corrected chi connectivity index (χ4v) is 3.53. The first kappa shape index (κ1) is 24.3. The molecule has 2 N–H and O–H groups in total. The van der Waals surface area contributed by atoms with Crippen molar-refractivity contribution in [2.75, 3.05) is 6.61 Å². The highest BCUT2D eigenvalue weighted by Gasteiger charge is 2.16. The van der Waals surface area contributed by atoms with E-state index in [1.54, 1.807) is 19.1 Å². The summed E-state index contributed by atoms with van der Waals surface area (Å²) in [5.41, 5.74) is 8.01. The summed E-state index contributed by atoms with van der Waals surface area (Å²) in [6.07, 6.45) is -0.800. The Morgan fingerprint density at radius 3 is 2.18 bits per heavy atom. The van der Waals surface area contributed by atoms with Gasteiger partial charge in [0.15, 0.2) is 12.7 Å². The standard InChI is InChI=1S/C26H27BrN2O4/c1-17(2)21-11-14-24(23(27)15-21)32-16-25(30)28-29-26(31)18(3)33-22-12-9-20(10-13-22)19-7-5-4-6-8-19/h4-15,17-18H,16H2,1-3H3,(H,28,30)(H,29,31). The third-order valence-electron chi connectivity index (χ3n) is 4.95. The molecule has 0 saturated carbocycles. The van der Waals surface area contributed by atoms with E-state index in [1.807, 2.05) is 60.7 Å². The maximum atomic E-state index is 12.3. The zero-order valence-corrected chi connectivity index (χ0v) is 20.4. The third kappa shape index (κ3) is 7.08. The second kappa shape index (κ2) is 11.5. The van der Waals surface area contributed by atoms with Crippen molar-refractivity contribution in [2.45, 2.75) is 32.8 Å². The van der Waals surface area contributed by atoms with E-state index in [1.165, 1.54) is 0 Å². The van der Waals surface area contributed by atoms with Crippen molar-refractivity contribution in [1.82, 2.24) is 10.9 Å². The molecular weight excluding hydrogens is 484 g/mol. The van der Waals surface area contributed by atoms with Crippen LogP contribution in [0.5, 0.6) is 11.5 Å². The van der Waals surface area contributed by atoms with Crippen LogP contribution in [0.25, 0.3) is 11.1 Å². The fourth-order valence-electron chi connectivity index (χ4n) is 3.02. The van der Waals surface area contributed by atoms with Crippen molar-refractivity contribution < 1.29 is 19.1 Å². The van der Waals surface area contributed by atoms with Gasteiger partial charge in [0.2, 0.25) is 0 Å². The molecule has 0 bridgehead atoms. The first-order valence-corrected chi connectivity index (χ1v) is 11.5. The smallest absolute Gasteiger partial charge is 0.279 e. The third-order valence-corrected chi connectivity index (χ3v) is 5.57. The molecule has 2 amide bonds. The number of hydrazine groups is 1. The van der Waals surface area contributed by atoms with Gasteiger partial charge in [-0.1, -0.05) is 62.4 Å². The highest BCUT2D eigenvalue weighted by Crippen LogP contribution is 2.28. The Labute approximate surface area is 202 Å². The van der Waals surface area contributed by atoms with Crippen LogP contribution < -0.4 is 20.3 Å². The van der Waals surface area contributed by atoms with Crippen LogP contribution in [0.3, 0.4) is 0 Å². The minimum Gasteiger partial charge on any atom is -0.483 e. The molecule has 33 heavy (non-hydrogen) atoms. The monoisotopic (exact) mass is 510 g/mol. The van der Waals surface area contributed by atoms with Gasteiger partial charge in [0.05, 0.1) is 4.47 Å². The predicted octanol–water partition coefficient (Wildman–Crippen LogP) is 5.23. The van der Waals surface area contributed by atoms with Gasteiger partial charge in [-0.3, -0.25) is 20.4 Å². The molecule has 0 aliphatic carbocycles. The number of benzene rings is 3. The molecule has 0 fully saturated rings. The van der Waals surface area contributed by atoms with Crippen LogP contribution in [0.1, 0.15) is 32.3 Å². The average Bonchev–Trinajstić information content (AvgIpc) is 2.82. The maximum absolute atomic E-state index is 12.3. The van der Waals surface area contributed by atoms with Gasteiger partial charge in [-0.05, 0) is 69.7 Å². The molecule has 0 aromatic heterocycles. The first-order valence-electron chi connectivity index (χ1n) is 10.7. The molecule has 3 rings (SSSR count). The maximum Gasteiger partial charge on any atom is 0.279 e. The number of rotatable bonds is 8. The molecule has 0 radical (unpaired) electrons. The first-order chi connectivity index (χ1) is 15.8. The summed E-state index contributed by atoms with van der Waals surface area (Å²) in [7, 11) is 0. The average molecular weight is 511 g/mol. The largest absolute Gasteiger partial charge is 0.483 e. The Balaban J connectivity index is 1.44. The number of ether oxygens (including phenoxy) is 2. The lowest BCUT2D eigenvalue weighted by molar-refractivity contribution is -0.133. The van der Waals surface area contributed by atoms with Crippen LogP contribution in [0.4, 0.5) is 0 Å². The van der Waals surface area contributed by atoms with E-state index in [-0.39, 0.29) is 6.61 Å². The molecule has 3 aromatic rings. The van der Waals surface area contributed by atoms with Crippen LogP contribution >= 0.6 is 15.9 Å². The number of hydrogen-bond acceptors (Lipinski definition) is 4. The minimum absolute atomic E-state index is 0.240. The van der Waals surface area contributed by atoms with Crippen LogP contribution in [0, 0.1) is 0 Å². The van der Waals surface area contributed by atoms with Crippen LogP contribution in [0.15, 0.2) is 77.3 Å². The van der Waals surface area contributed by atoms with Crippen molar-refractivity contribution in [2.24, 2.45) is 0 Å². The Bertz CT molecular complexity index is 1090. The zero-order valence-electron chi connectivity index (χ0n) is 18.8. The van der Waals surface area contributed by atoms with Gasteiger partial charge < -0.3 is 9.47 Å². The van der Waals surface area contributed by atoms with Gasteiger partial charge >= 0.3 is 0 Å². The molecule has 1 atom stereocenters. The van der Waals surface area contributed by atoms with Crippen LogP contribution in [-0.4, -0.2) is 24.5 Å². The number of carbonyl (C=O) groups is 2. The van der Waals surface area contributed by atoms with Gasteiger partial charge in [-0.2, -0.15) is 0 Å². The quantitative estimate of drug-likeness (QED) is 0.406. The van der Waals surface area contributed by atoms with Crippen LogP contribution in [-0.2, 0) is 9.59 Å². The molecule has 0 saturated heterocycles. The highest BCUT2D eigenvalue weighted by atomic mass is 79.9. The van der Waals surface area contributed by atoms with Gasteiger partial charge in [0.1, 0.15) is 11.5 Å². The van der Waals surface area contributed by atoms with Crippen LogP contribution in [0.2, 0.25) is 0 Å². The Kier molecular flexibility index (Phi) is 8.49. The van der Waals surface area contributed by atoms with Crippen molar-refractivity contribution in [3.05, 3.63) is 82.8 Å². The lowest BCUT2D eigenvalue weighted by Gasteiger charge is -2.16. The van der Waals surface area contributed by atoms with E-state index >= 15 is 0 Å². The topological polar surface area (TPSA) is 76.7 Å². The Hall–Kier alpha value is -3.32. The van der Waals surface area contributed by atoms with Gasteiger partial charge in [-0.15, -0.1) is 0 Å². The molecule has 6 nitrogen and oxygen atoms in total. The predicted molar refractivity (Wildman–Crippen MR) is 132 cm³/mol. The Morgan fingerprint density at radius 1 is 0.879 bits per heavy atom. The van der Waals surface area contributed by atoms with Crippen molar-refractivity contribution in [3.8, 4) is 22.6 Å². The number of nitrogens with one attached hydrogen (secondary N) is 2. The van der Waals surface area contributed by atoms with Gasteiger partial charge in [0.25, 0.3) is 11.8 Å². The lowest BCUT2D eigenvalue weighted by Crippen LogP contribution is -2.48. The highest BCUT2D eigenvalue weighted by molar-refractivity contribution is 9.10. The fraction of sp³-hybridized carbons (Fsp3) is 0.231. The molecular formula is C26H27BrN2O4. The second-order valence-corrected chi connectivity index (χ2v) is 8.68. The summed E-state index contributed by atoms with van der Waals surface area (Å²) < 4.78 is 12.0. The van der Waals surface area contributed by atoms with E-state index in [0.29, 0.717) is 17.4 Å². The van der Waals surface area contributed by atoms with E-state index in [9.17, 15) is 9.59 Å². The summed E-state index contributed by atoms with van der Waals surface area (Å²) in [4.78, 5) is 24.3. The molecule has 0 heterocycles. The summed E-state index contributed by atoms with van der Waals surface area (Å²) in [5, 5.41) is 0. The Morgan fingerprint density at radius 2 is 1.55 bits per heavy atom. The molecule has 3 aromatic carbocycles. The number of carbonyl (C=O) groups excluding carboxylic acids is 2. The molecule has 1 unspecified atom stereocenters. The minimum atomic E-state index is -0.800. The SMILES string of the molecule is CC(Oc1ccc(-c2ccccc2)cc1)C(=O)NNC(=O)COc1ccc(C(C)C)cc1Br. The number of amides is 2. The number of hydrogen-bond donors (Lipinski definition) is 2. The summed E-state index contributed by atoms with van der Waals surface area (Å²) in [5.74, 6) is 0.540. The number of halogens is 1. The van der Waals surface area contributed by atoms with E-state index in [4.69, 9.17) is 9.47 Å². The lowest BCUT2D eigenvalue weighted by atomic mass is 10.0. The van der Waals surface area contributed by atoms with Gasteiger partial charge in [0, 0.05) is 0 Å². The van der Waals surface area contributed by atoms with Crippen molar-refractivity contribution in [3.63, 3.8) is 0 Å². The summed E-state index contributed by atoms with van der Waals surface area (Å²) in [6, 6.07) is 23.2. The summed E-state index contributed by atoms with van der Waals surface area (Å²) in [6.45, 7) is 5.57. The van der Waals surface area contributed by atoms with Gasteiger partial charge in [-0.25, -0.2) is 0 Å². The molecule has 7 heteroatoms. The van der Waals surface area contributed by atoms with Crippen molar-refractivity contribution in [1.29, 1.82) is 0 Å². The van der Waals surface area contributed by atoms with E-state index < -0.39 is 17.9 Å². The second-order valence-electron chi connectivity index (χ2n) is 7.82. The zero-order chi connectivity index (χ0) is 23.8. The molecule has 172 valence electrons. The molecule has 0 aliphatic rings. The molecule has 0 aliphatic heterocycles. The van der Waals surface area contributed by atoms with E-state index in [0.717, 1.165) is 21.2 Å².